The van der Waals surface area contributed by atoms with Crippen LogP contribution in [0.15, 0.2) is 0 Å². The highest BCUT2D eigenvalue weighted by molar-refractivity contribution is 5.77. The number of hydrogen-bond acceptors (Lipinski definition) is 4. The molecule has 4 heteroatoms. The number of ketones is 4. The van der Waals surface area contributed by atoms with E-state index in [1.54, 1.807) is 20.8 Å². The summed E-state index contributed by atoms with van der Waals surface area (Å²) in [5, 5.41) is 0. The topological polar surface area (TPSA) is 68.3 Å². The van der Waals surface area contributed by atoms with Gasteiger partial charge in [0.25, 0.3) is 0 Å². The Labute approximate surface area is 124 Å². The highest BCUT2D eigenvalue weighted by Crippen LogP contribution is 1.89. The lowest BCUT2D eigenvalue weighted by Crippen LogP contribution is -1.98. The zero-order chi connectivity index (χ0) is 17.3. The van der Waals surface area contributed by atoms with Gasteiger partial charge in [-0.05, 0) is 34.6 Å². The second-order valence-electron chi connectivity index (χ2n) is 4.78. The highest BCUT2D eigenvalue weighted by atomic mass is 16.1. The van der Waals surface area contributed by atoms with Crippen LogP contribution in [-0.4, -0.2) is 23.1 Å². The van der Waals surface area contributed by atoms with Gasteiger partial charge >= 0.3 is 0 Å². The smallest absolute Gasteiger partial charge is 0.132 e. The Morgan fingerprint density at radius 3 is 0.800 bits per heavy atom. The predicted molar refractivity (Wildman–Crippen MR) is 83.8 cm³/mol. The van der Waals surface area contributed by atoms with Crippen molar-refractivity contribution in [3.8, 4) is 0 Å². The van der Waals surface area contributed by atoms with Crippen molar-refractivity contribution in [2.45, 2.75) is 75.2 Å². The molecular weight excluding hydrogens is 256 g/mol. The number of carbonyl (C=O) groups excluding carboxylic acids is 4. The maximum Gasteiger partial charge on any atom is 0.132 e. The molecule has 0 spiro atoms. The van der Waals surface area contributed by atoms with E-state index in [1.165, 1.54) is 13.8 Å². The Morgan fingerprint density at radius 2 is 0.800 bits per heavy atom. The molecule has 0 aromatic rings. The zero-order valence-electron chi connectivity index (χ0n) is 14.6. The van der Waals surface area contributed by atoms with E-state index in [-0.39, 0.29) is 29.1 Å². The molecule has 0 saturated heterocycles. The standard InChI is InChI=1S/C5H10O.2C4H8O.C3H6O/c1-4(2)5(3)6;2*1-3-4(2)5;1-3(2)4/h4H,1-3H3;2*3H2,1-2H3;1-2H3. The van der Waals surface area contributed by atoms with Gasteiger partial charge in [-0.3, -0.25) is 4.79 Å². The Kier molecular flexibility index (Phi) is 27.1. The Hall–Kier alpha value is -1.32. The molecule has 0 fully saturated rings. The number of hydrogen-bond donors (Lipinski definition) is 0. The van der Waals surface area contributed by atoms with Crippen molar-refractivity contribution in [1.82, 2.24) is 0 Å². The van der Waals surface area contributed by atoms with Gasteiger partial charge in [0, 0.05) is 18.8 Å². The van der Waals surface area contributed by atoms with Crippen LogP contribution >= 0.6 is 0 Å². The summed E-state index contributed by atoms with van der Waals surface area (Å²) < 4.78 is 0. The van der Waals surface area contributed by atoms with E-state index in [1.807, 2.05) is 27.7 Å². The van der Waals surface area contributed by atoms with E-state index in [9.17, 15) is 19.2 Å². The lowest BCUT2D eigenvalue weighted by Gasteiger charge is -1.90. The van der Waals surface area contributed by atoms with Gasteiger partial charge in [-0.2, -0.15) is 0 Å². The molecule has 20 heavy (non-hydrogen) atoms. The average molecular weight is 288 g/mol. The van der Waals surface area contributed by atoms with Crippen LogP contribution in [0.25, 0.3) is 0 Å². The minimum atomic E-state index is 0.167. The third kappa shape index (κ3) is 91.9. The Bertz CT molecular complexity index is 260. The first-order valence-corrected chi connectivity index (χ1v) is 6.88. The fourth-order valence-electron chi connectivity index (χ4n) is 0. The third-order valence-electron chi connectivity index (χ3n) is 1.81. The molecular formula is C16H32O4. The molecule has 0 unspecified atom stereocenters. The van der Waals surface area contributed by atoms with Crippen molar-refractivity contribution in [3.05, 3.63) is 0 Å². The van der Waals surface area contributed by atoms with E-state index in [4.69, 9.17) is 0 Å². The molecule has 0 amide bonds. The molecule has 0 N–H and O–H groups in total. The van der Waals surface area contributed by atoms with Crippen molar-refractivity contribution in [2.75, 3.05) is 0 Å². The quantitative estimate of drug-likeness (QED) is 0.792. The number of Topliss-reactive ketones (excluding diaryl/α,β-unsaturated/α-hetero) is 4. The van der Waals surface area contributed by atoms with Gasteiger partial charge in [0.05, 0.1) is 0 Å². The van der Waals surface area contributed by atoms with E-state index < -0.39 is 0 Å². The van der Waals surface area contributed by atoms with Gasteiger partial charge < -0.3 is 14.4 Å². The molecule has 0 aliphatic heterocycles. The summed E-state index contributed by atoms with van der Waals surface area (Å²) in [6.45, 7) is 15.3. The summed E-state index contributed by atoms with van der Waals surface area (Å²) in [4.78, 5) is 39.2. The maximum absolute atomic E-state index is 10.1. The number of rotatable bonds is 3. The summed E-state index contributed by atoms with van der Waals surface area (Å²) in [7, 11) is 0. The van der Waals surface area contributed by atoms with Crippen molar-refractivity contribution in [2.24, 2.45) is 5.92 Å². The molecule has 4 nitrogen and oxygen atoms in total. The second kappa shape index (κ2) is 20.0. The van der Waals surface area contributed by atoms with E-state index in [0.717, 1.165) is 0 Å². The average Bonchev–Trinajstić information content (AvgIpc) is 2.29. The van der Waals surface area contributed by atoms with Gasteiger partial charge in [0.1, 0.15) is 23.1 Å². The molecule has 0 bridgehead atoms. The summed E-state index contributed by atoms with van der Waals surface area (Å²) in [5.74, 6) is 1.15. The second-order valence-corrected chi connectivity index (χ2v) is 4.78. The van der Waals surface area contributed by atoms with E-state index >= 15 is 0 Å². The molecule has 0 radical (unpaired) electrons. The molecule has 0 rings (SSSR count). The lowest BCUT2D eigenvalue weighted by atomic mass is 10.1. The number of carbonyl (C=O) groups is 4. The molecule has 120 valence electrons. The molecule has 0 aliphatic rings. The summed E-state index contributed by atoms with van der Waals surface area (Å²) >= 11 is 0. The first-order valence-electron chi connectivity index (χ1n) is 6.88. The fraction of sp³-hybridized carbons (Fsp3) is 0.750. The minimum Gasteiger partial charge on any atom is -0.300 e. The van der Waals surface area contributed by atoms with Crippen molar-refractivity contribution >= 4 is 23.1 Å². The summed E-state index contributed by atoms with van der Waals surface area (Å²) in [6.07, 6.45) is 1.33. The van der Waals surface area contributed by atoms with Crippen LogP contribution in [0.3, 0.4) is 0 Å². The van der Waals surface area contributed by atoms with Gasteiger partial charge in [-0.25, -0.2) is 0 Å². The van der Waals surface area contributed by atoms with Crippen LogP contribution in [-0.2, 0) is 19.2 Å². The monoisotopic (exact) mass is 288 g/mol. The van der Waals surface area contributed by atoms with Crippen LogP contribution < -0.4 is 0 Å². The van der Waals surface area contributed by atoms with Crippen LogP contribution in [0.5, 0.6) is 0 Å². The highest BCUT2D eigenvalue weighted by Gasteiger charge is 1.95. The van der Waals surface area contributed by atoms with Crippen LogP contribution in [0.4, 0.5) is 0 Å². The molecule has 0 atom stereocenters. The fourth-order valence-corrected chi connectivity index (χ4v) is 0. The Morgan fingerprint density at radius 1 is 0.700 bits per heavy atom. The third-order valence-corrected chi connectivity index (χ3v) is 1.81. The van der Waals surface area contributed by atoms with E-state index in [2.05, 4.69) is 0 Å². The summed E-state index contributed by atoms with van der Waals surface area (Å²) in [6, 6.07) is 0. The largest absolute Gasteiger partial charge is 0.300 e. The minimum absolute atomic E-state index is 0.167. The van der Waals surface area contributed by atoms with Crippen molar-refractivity contribution < 1.29 is 19.2 Å². The van der Waals surface area contributed by atoms with Gasteiger partial charge in [-0.15, -0.1) is 0 Å². The van der Waals surface area contributed by atoms with Crippen molar-refractivity contribution in [1.29, 1.82) is 0 Å². The first kappa shape index (κ1) is 27.1. The molecule has 0 aliphatic carbocycles. The molecule has 0 heterocycles. The first-order chi connectivity index (χ1) is 8.91. The van der Waals surface area contributed by atoms with Crippen LogP contribution in [0.1, 0.15) is 75.2 Å². The van der Waals surface area contributed by atoms with Gasteiger partial charge in [0.2, 0.25) is 0 Å². The lowest BCUT2D eigenvalue weighted by molar-refractivity contribution is -0.120. The Balaban J connectivity index is -0.0000000862. The van der Waals surface area contributed by atoms with Gasteiger partial charge in [0.15, 0.2) is 0 Å². The van der Waals surface area contributed by atoms with Gasteiger partial charge in [-0.1, -0.05) is 27.7 Å². The van der Waals surface area contributed by atoms with Crippen molar-refractivity contribution in [3.63, 3.8) is 0 Å². The SMILES string of the molecule is CC(=O)C(C)C.CC(C)=O.CCC(C)=O.CCC(C)=O. The van der Waals surface area contributed by atoms with E-state index in [0.29, 0.717) is 12.8 Å². The summed E-state index contributed by atoms with van der Waals surface area (Å²) in [5.41, 5.74) is 0. The molecule has 0 saturated carbocycles. The zero-order valence-corrected chi connectivity index (χ0v) is 14.6. The van der Waals surface area contributed by atoms with Crippen LogP contribution in [0, 0.1) is 5.92 Å². The van der Waals surface area contributed by atoms with Crippen LogP contribution in [0.2, 0.25) is 0 Å². The normalized spacial score (nSPS) is 7.90. The maximum atomic E-state index is 10.1. The molecule has 0 aromatic carbocycles. The molecule has 0 aromatic heterocycles. The predicted octanol–water partition coefficient (Wildman–Crippen LogP) is 3.80.